The lowest BCUT2D eigenvalue weighted by Crippen LogP contribution is -2.25. The van der Waals surface area contributed by atoms with Crippen LogP contribution in [0, 0.1) is 0 Å². The lowest BCUT2D eigenvalue weighted by molar-refractivity contribution is 0.701. The molecule has 0 bridgehead atoms. The molecule has 1 aliphatic heterocycles. The second-order valence-corrected chi connectivity index (χ2v) is 7.76. The fraction of sp³-hybridized carbons (Fsp3) is 0.368. The maximum Gasteiger partial charge on any atom is 0.235 e. The van der Waals surface area contributed by atoms with Crippen molar-refractivity contribution in [1.29, 1.82) is 0 Å². The van der Waals surface area contributed by atoms with Crippen molar-refractivity contribution in [3.05, 3.63) is 46.6 Å². The number of benzene rings is 1. The molecule has 2 aromatic heterocycles. The molecule has 0 spiro atoms. The maximum atomic E-state index is 6.04. The van der Waals surface area contributed by atoms with Gasteiger partial charge in [-0.15, -0.1) is 0 Å². The van der Waals surface area contributed by atoms with E-state index in [0.29, 0.717) is 23.6 Å². The van der Waals surface area contributed by atoms with Crippen LogP contribution in [-0.2, 0) is 0 Å². The largest absolute Gasteiger partial charge is 0.368 e. The van der Waals surface area contributed by atoms with E-state index >= 15 is 0 Å². The molecule has 1 saturated carbocycles. The summed E-state index contributed by atoms with van der Waals surface area (Å²) in [6.07, 6.45) is 4.52. The Labute approximate surface area is 167 Å². The number of halogens is 1. The molecule has 8 nitrogen and oxygen atoms in total. The molecule has 1 aliphatic carbocycles. The summed E-state index contributed by atoms with van der Waals surface area (Å²) in [5.41, 5.74) is 8.31. The number of rotatable bonds is 5. The zero-order valence-corrected chi connectivity index (χ0v) is 16.0. The molecule has 144 valence electrons. The quantitative estimate of drug-likeness (QED) is 0.601. The second-order valence-electron chi connectivity index (χ2n) is 7.33. The SMILES string of the molecule is Nc1nc(Nc2cc(C3CC3)[nH]n2)nc(N2CCCC2c2ccc(Cl)cc2)n1. The molecule has 2 fully saturated rings. The van der Waals surface area contributed by atoms with Gasteiger partial charge in [0.1, 0.15) is 0 Å². The van der Waals surface area contributed by atoms with E-state index in [1.807, 2.05) is 18.2 Å². The molecule has 2 aliphatic rings. The number of H-pyrrole nitrogens is 1. The molecule has 3 aromatic rings. The van der Waals surface area contributed by atoms with Crippen LogP contribution in [0.1, 0.15) is 48.9 Å². The number of hydrogen-bond acceptors (Lipinski definition) is 7. The summed E-state index contributed by atoms with van der Waals surface area (Å²) in [7, 11) is 0. The molecule has 9 heteroatoms. The van der Waals surface area contributed by atoms with Gasteiger partial charge in [-0.1, -0.05) is 23.7 Å². The average molecular weight is 397 g/mol. The first-order valence-electron chi connectivity index (χ1n) is 9.52. The second kappa shape index (κ2) is 6.94. The van der Waals surface area contributed by atoms with Crippen molar-refractivity contribution >= 4 is 35.3 Å². The molecule has 3 heterocycles. The number of nitrogens with zero attached hydrogens (tertiary/aromatic N) is 5. The van der Waals surface area contributed by atoms with E-state index < -0.39 is 0 Å². The third kappa shape index (κ3) is 3.47. The number of aromatic amines is 1. The molecule has 1 atom stereocenters. The van der Waals surface area contributed by atoms with Crippen molar-refractivity contribution in [3.8, 4) is 0 Å². The fourth-order valence-electron chi connectivity index (χ4n) is 3.72. The molecule has 0 radical (unpaired) electrons. The summed E-state index contributed by atoms with van der Waals surface area (Å²) in [6.45, 7) is 0.865. The van der Waals surface area contributed by atoms with Gasteiger partial charge in [0.25, 0.3) is 0 Å². The van der Waals surface area contributed by atoms with Crippen LogP contribution in [0.3, 0.4) is 0 Å². The minimum atomic E-state index is 0.187. The zero-order chi connectivity index (χ0) is 19.1. The normalized spacial score (nSPS) is 19.2. The molecule has 1 aromatic carbocycles. The summed E-state index contributed by atoms with van der Waals surface area (Å²) < 4.78 is 0. The van der Waals surface area contributed by atoms with Crippen LogP contribution in [0.15, 0.2) is 30.3 Å². The van der Waals surface area contributed by atoms with Gasteiger partial charge < -0.3 is 16.0 Å². The van der Waals surface area contributed by atoms with Crippen molar-refractivity contribution in [2.45, 2.75) is 37.6 Å². The van der Waals surface area contributed by atoms with E-state index in [0.717, 1.165) is 30.1 Å². The van der Waals surface area contributed by atoms with E-state index in [1.165, 1.54) is 18.4 Å². The first-order chi connectivity index (χ1) is 13.7. The van der Waals surface area contributed by atoms with Gasteiger partial charge in [0.2, 0.25) is 17.8 Å². The van der Waals surface area contributed by atoms with Crippen LogP contribution in [0.4, 0.5) is 23.7 Å². The van der Waals surface area contributed by atoms with Gasteiger partial charge in [0.05, 0.1) is 6.04 Å². The Morgan fingerprint density at radius 1 is 1.11 bits per heavy atom. The van der Waals surface area contributed by atoms with E-state index in [2.05, 4.69) is 47.5 Å². The van der Waals surface area contributed by atoms with Crippen LogP contribution < -0.4 is 16.0 Å². The molecule has 1 unspecified atom stereocenters. The first kappa shape index (κ1) is 17.2. The number of nitrogen functional groups attached to an aromatic ring is 1. The van der Waals surface area contributed by atoms with Crippen LogP contribution in [-0.4, -0.2) is 31.7 Å². The van der Waals surface area contributed by atoms with Gasteiger partial charge in [0.15, 0.2) is 5.82 Å². The Balaban J connectivity index is 1.40. The van der Waals surface area contributed by atoms with Crippen LogP contribution in [0.25, 0.3) is 0 Å². The van der Waals surface area contributed by atoms with E-state index in [1.54, 1.807) is 0 Å². The highest BCUT2D eigenvalue weighted by Gasteiger charge is 2.29. The lowest BCUT2D eigenvalue weighted by Gasteiger charge is -2.25. The van der Waals surface area contributed by atoms with Crippen molar-refractivity contribution in [3.63, 3.8) is 0 Å². The van der Waals surface area contributed by atoms with Crippen LogP contribution in [0.5, 0.6) is 0 Å². The molecule has 1 saturated heterocycles. The molecule has 0 amide bonds. The Morgan fingerprint density at radius 3 is 2.71 bits per heavy atom. The van der Waals surface area contributed by atoms with Crippen molar-refractivity contribution in [2.24, 2.45) is 0 Å². The van der Waals surface area contributed by atoms with Gasteiger partial charge >= 0.3 is 0 Å². The van der Waals surface area contributed by atoms with Crippen molar-refractivity contribution < 1.29 is 0 Å². The summed E-state index contributed by atoms with van der Waals surface area (Å²) in [6, 6.07) is 10.1. The topological polar surface area (TPSA) is 109 Å². The number of hydrogen-bond donors (Lipinski definition) is 3. The lowest BCUT2D eigenvalue weighted by atomic mass is 10.1. The standard InChI is InChI=1S/C19H21ClN8/c20-13-7-5-12(6-8-13)15-2-1-9-28(15)19-24-17(21)23-18(25-19)22-16-10-14(26-27-16)11-3-4-11/h5-8,10-11,15H,1-4,9H2,(H4,21,22,23,24,25,26,27). The highest BCUT2D eigenvalue weighted by Crippen LogP contribution is 2.40. The third-order valence-corrected chi connectivity index (χ3v) is 5.51. The average Bonchev–Trinajstić information content (AvgIpc) is 3.22. The van der Waals surface area contributed by atoms with Gasteiger partial charge in [-0.05, 0) is 43.4 Å². The maximum absolute atomic E-state index is 6.04. The van der Waals surface area contributed by atoms with E-state index in [-0.39, 0.29) is 12.0 Å². The molecule has 28 heavy (non-hydrogen) atoms. The predicted molar refractivity (Wildman–Crippen MR) is 109 cm³/mol. The fourth-order valence-corrected chi connectivity index (χ4v) is 3.85. The number of anilines is 4. The molecule has 4 N–H and O–H groups in total. The van der Waals surface area contributed by atoms with E-state index in [4.69, 9.17) is 17.3 Å². The number of nitrogens with two attached hydrogens (primary N) is 1. The smallest absolute Gasteiger partial charge is 0.235 e. The van der Waals surface area contributed by atoms with Gasteiger partial charge in [-0.2, -0.15) is 20.1 Å². The highest BCUT2D eigenvalue weighted by atomic mass is 35.5. The van der Waals surface area contributed by atoms with E-state index in [9.17, 15) is 0 Å². The van der Waals surface area contributed by atoms with Crippen LogP contribution in [0.2, 0.25) is 5.02 Å². The van der Waals surface area contributed by atoms with Crippen molar-refractivity contribution in [2.75, 3.05) is 22.5 Å². The van der Waals surface area contributed by atoms with Crippen molar-refractivity contribution in [1.82, 2.24) is 25.1 Å². The minimum absolute atomic E-state index is 0.187. The molecular weight excluding hydrogens is 376 g/mol. The van der Waals surface area contributed by atoms with Crippen LogP contribution >= 0.6 is 11.6 Å². The Morgan fingerprint density at radius 2 is 1.93 bits per heavy atom. The van der Waals surface area contributed by atoms with Gasteiger partial charge in [0, 0.05) is 29.2 Å². The summed E-state index contributed by atoms with van der Waals surface area (Å²) >= 11 is 6.04. The minimum Gasteiger partial charge on any atom is -0.368 e. The Hall–Kier alpha value is -2.87. The third-order valence-electron chi connectivity index (χ3n) is 5.26. The zero-order valence-electron chi connectivity index (χ0n) is 15.3. The first-order valence-corrected chi connectivity index (χ1v) is 9.89. The predicted octanol–water partition coefficient (Wildman–Crippen LogP) is 3.79. The Kier molecular flexibility index (Phi) is 4.27. The summed E-state index contributed by atoms with van der Waals surface area (Å²) in [5, 5.41) is 11.2. The summed E-state index contributed by atoms with van der Waals surface area (Å²) in [4.78, 5) is 15.4. The van der Waals surface area contributed by atoms with Gasteiger partial charge in [-0.25, -0.2) is 0 Å². The number of aromatic nitrogens is 5. The molecule has 5 rings (SSSR count). The Bertz CT molecular complexity index is 982. The summed E-state index contributed by atoms with van der Waals surface area (Å²) in [5.74, 6) is 2.46. The highest BCUT2D eigenvalue weighted by molar-refractivity contribution is 6.30. The number of nitrogens with one attached hydrogen (secondary N) is 2. The molecular formula is C19H21ClN8. The monoisotopic (exact) mass is 396 g/mol. The van der Waals surface area contributed by atoms with Gasteiger partial charge in [-0.3, -0.25) is 5.10 Å².